The molecule has 0 atom stereocenters. The summed E-state index contributed by atoms with van der Waals surface area (Å²) in [7, 11) is 0. The van der Waals surface area contributed by atoms with Gasteiger partial charge < -0.3 is 4.90 Å². The van der Waals surface area contributed by atoms with Gasteiger partial charge in [-0.2, -0.15) is 0 Å². The minimum absolute atomic E-state index is 0.0508. The first-order valence-electron chi connectivity index (χ1n) is 18.9. The summed E-state index contributed by atoms with van der Waals surface area (Å²) >= 11 is 0. The van der Waals surface area contributed by atoms with Crippen LogP contribution in [0.1, 0.15) is 68.2 Å². The zero-order valence-corrected chi connectivity index (χ0v) is 29.1. The van der Waals surface area contributed by atoms with E-state index in [2.05, 4.69) is 158 Å². The lowest BCUT2D eigenvalue weighted by Gasteiger charge is -2.61. The molecule has 4 saturated carbocycles. The molecule has 6 aliphatic rings. The first-order chi connectivity index (χ1) is 24.5. The van der Waals surface area contributed by atoms with Gasteiger partial charge in [-0.3, -0.25) is 0 Å². The van der Waals surface area contributed by atoms with E-state index in [0.29, 0.717) is 11.8 Å². The minimum atomic E-state index is -0.0508. The third-order valence-electron chi connectivity index (χ3n) is 13.8. The van der Waals surface area contributed by atoms with Crippen LogP contribution < -0.4 is 4.90 Å². The first kappa shape index (κ1) is 28.9. The van der Waals surface area contributed by atoms with E-state index in [9.17, 15) is 0 Å². The van der Waals surface area contributed by atoms with Gasteiger partial charge in [-0.1, -0.05) is 117 Å². The van der Waals surface area contributed by atoms with Gasteiger partial charge in [0.2, 0.25) is 0 Å². The number of nitrogens with zero attached hydrogens (tertiary/aromatic N) is 1. The molecule has 0 aromatic heterocycles. The van der Waals surface area contributed by atoms with Crippen molar-refractivity contribution in [2.24, 2.45) is 23.7 Å². The molecule has 6 aliphatic carbocycles. The Balaban J connectivity index is 1.15. The van der Waals surface area contributed by atoms with E-state index in [0.717, 1.165) is 11.8 Å². The number of rotatable bonds is 4. The minimum Gasteiger partial charge on any atom is -0.310 e. The van der Waals surface area contributed by atoms with Gasteiger partial charge in [0.15, 0.2) is 0 Å². The Bertz CT molecular complexity index is 2280. The van der Waals surface area contributed by atoms with Crippen molar-refractivity contribution in [2.75, 3.05) is 4.90 Å². The molecular weight excluding hydrogens is 603 g/mol. The Morgan fingerprint density at radius 3 is 1.82 bits per heavy atom. The van der Waals surface area contributed by atoms with Gasteiger partial charge in [0.1, 0.15) is 0 Å². The highest BCUT2D eigenvalue weighted by molar-refractivity contribution is 5.96. The van der Waals surface area contributed by atoms with Crippen LogP contribution in [0.25, 0.3) is 33.4 Å². The fourth-order valence-corrected chi connectivity index (χ4v) is 12.1. The van der Waals surface area contributed by atoms with Crippen molar-refractivity contribution < 1.29 is 0 Å². The molecule has 244 valence electrons. The molecule has 0 N–H and O–H groups in total. The maximum absolute atomic E-state index is 2.65. The fraction of sp³-hybridized carbons (Fsp3) is 0.265. The van der Waals surface area contributed by atoms with Crippen LogP contribution in [0.5, 0.6) is 0 Å². The van der Waals surface area contributed by atoms with E-state index in [1.54, 1.807) is 11.1 Å². The van der Waals surface area contributed by atoms with Crippen molar-refractivity contribution in [2.45, 2.75) is 56.8 Å². The summed E-state index contributed by atoms with van der Waals surface area (Å²) in [5.41, 5.74) is 18.2. The maximum atomic E-state index is 2.65. The Labute approximate surface area is 296 Å². The summed E-state index contributed by atoms with van der Waals surface area (Å²) in [6, 6.07) is 53.2. The number of fused-ring (bicyclic) bond motifs is 6. The highest BCUT2D eigenvalue weighted by Gasteiger charge is 2.61. The Morgan fingerprint density at radius 2 is 1.08 bits per heavy atom. The SMILES string of the molecule is CC1(C)c2ccccc2-c2c(N(c3ccccc3)c3ccc4c(c3)C3(c5cc(-c6ccccc6)ccc5-4)C4CC5CC(C4)CC3C5)cccc21. The van der Waals surface area contributed by atoms with Crippen LogP contribution >= 0.6 is 0 Å². The van der Waals surface area contributed by atoms with Gasteiger partial charge in [-0.25, -0.2) is 0 Å². The molecule has 0 amide bonds. The van der Waals surface area contributed by atoms with Crippen LogP contribution in [-0.4, -0.2) is 0 Å². The second-order valence-electron chi connectivity index (χ2n) is 16.6. The fourth-order valence-electron chi connectivity index (χ4n) is 12.1. The van der Waals surface area contributed by atoms with Gasteiger partial charge in [0.05, 0.1) is 5.69 Å². The van der Waals surface area contributed by atoms with E-state index in [-0.39, 0.29) is 10.8 Å². The van der Waals surface area contributed by atoms with Gasteiger partial charge in [0.25, 0.3) is 0 Å². The molecule has 0 radical (unpaired) electrons. The van der Waals surface area contributed by atoms with E-state index >= 15 is 0 Å². The van der Waals surface area contributed by atoms with Crippen LogP contribution in [0.15, 0.2) is 140 Å². The molecule has 0 aliphatic heterocycles. The van der Waals surface area contributed by atoms with Gasteiger partial charge in [0, 0.05) is 27.8 Å². The second-order valence-corrected chi connectivity index (χ2v) is 16.6. The maximum Gasteiger partial charge on any atom is 0.0543 e. The molecule has 1 nitrogen and oxygen atoms in total. The standard InChI is InChI=1S/C49H43N/c1-48(2)42-17-10-9-16-41(42)47-43(48)18-11-19-46(47)50(37-14-7-4-8-15-37)38-21-23-40-39-22-20-34(33-12-5-3-6-13-33)29-44(39)49(45(40)30-38)35-25-31-24-32(27-35)28-36(49)26-31/h3-23,29-32,35-36H,24-28H2,1-2H3. The van der Waals surface area contributed by atoms with E-state index in [1.807, 2.05) is 0 Å². The highest BCUT2D eigenvalue weighted by atomic mass is 15.1. The second kappa shape index (κ2) is 10.3. The molecule has 6 aromatic rings. The van der Waals surface area contributed by atoms with Crippen molar-refractivity contribution in [1.29, 1.82) is 0 Å². The van der Waals surface area contributed by atoms with Gasteiger partial charge >= 0.3 is 0 Å². The summed E-state index contributed by atoms with van der Waals surface area (Å²) in [5.74, 6) is 3.23. The molecule has 0 unspecified atom stereocenters. The van der Waals surface area contributed by atoms with Crippen molar-refractivity contribution in [3.8, 4) is 33.4 Å². The summed E-state index contributed by atoms with van der Waals surface area (Å²) in [6.07, 6.45) is 6.99. The predicted octanol–water partition coefficient (Wildman–Crippen LogP) is 12.9. The monoisotopic (exact) mass is 645 g/mol. The lowest BCUT2D eigenvalue weighted by molar-refractivity contribution is -0.0399. The van der Waals surface area contributed by atoms with Gasteiger partial charge in [-0.05, 0) is 142 Å². The molecule has 1 spiro atoms. The van der Waals surface area contributed by atoms with Crippen LogP contribution in [-0.2, 0) is 10.8 Å². The smallest absolute Gasteiger partial charge is 0.0543 e. The number of anilines is 3. The lowest BCUT2D eigenvalue weighted by atomic mass is 9.43. The average molecular weight is 646 g/mol. The Hall–Kier alpha value is -4.88. The van der Waals surface area contributed by atoms with Crippen LogP contribution in [0.2, 0.25) is 0 Å². The van der Waals surface area contributed by atoms with Crippen molar-refractivity contribution in [3.63, 3.8) is 0 Å². The largest absolute Gasteiger partial charge is 0.310 e. The zero-order chi connectivity index (χ0) is 33.2. The van der Waals surface area contributed by atoms with E-state index < -0.39 is 0 Å². The predicted molar refractivity (Wildman–Crippen MR) is 207 cm³/mol. The molecular formula is C49H43N. The normalized spacial score (nSPS) is 25.6. The van der Waals surface area contributed by atoms with Gasteiger partial charge in [-0.15, -0.1) is 0 Å². The van der Waals surface area contributed by atoms with E-state index in [4.69, 9.17) is 0 Å². The number of hydrogen-bond donors (Lipinski definition) is 0. The van der Waals surface area contributed by atoms with E-state index in [1.165, 1.54) is 93.7 Å². The number of hydrogen-bond acceptors (Lipinski definition) is 1. The average Bonchev–Trinajstić information content (AvgIpc) is 3.57. The number of para-hydroxylation sites is 1. The quantitative estimate of drug-likeness (QED) is 0.184. The molecule has 0 heterocycles. The summed E-state index contributed by atoms with van der Waals surface area (Å²) in [6.45, 7) is 4.78. The van der Waals surface area contributed by atoms with Crippen LogP contribution in [0.3, 0.4) is 0 Å². The third kappa shape index (κ3) is 3.79. The molecule has 6 aromatic carbocycles. The molecule has 0 saturated heterocycles. The topological polar surface area (TPSA) is 3.24 Å². The summed E-state index contributed by atoms with van der Waals surface area (Å²) in [4.78, 5) is 2.57. The highest BCUT2D eigenvalue weighted by Crippen LogP contribution is 2.70. The third-order valence-corrected chi connectivity index (χ3v) is 13.8. The van der Waals surface area contributed by atoms with Crippen molar-refractivity contribution >= 4 is 17.1 Å². The molecule has 1 heteroatoms. The molecule has 4 fully saturated rings. The first-order valence-corrected chi connectivity index (χ1v) is 18.9. The lowest BCUT2D eigenvalue weighted by Crippen LogP contribution is -2.55. The molecule has 4 bridgehead atoms. The number of benzene rings is 6. The van der Waals surface area contributed by atoms with Crippen LogP contribution in [0.4, 0.5) is 17.1 Å². The Morgan fingerprint density at radius 1 is 0.460 bits per heavy atom. The van der Waals surface area contributed by atoms with Crippen molar-refractivity contribution in [1.82, 2.24) is 0 Å². The van der Waals surface area contributed by atoms with Crippen LogP contribution in [0, 0.1) is 23.7 Å². The summed E-state index contributed by atoms with van der Waals surface area (Å²) in [5, 5.41) is 0. The zero-order valence-electron chi connectivity index (χ0n) is 29.1. The molecule has 50 heavy (non-hydrogen) atoms. The summed E-state index contributed by atoms with van der Waals surface area (Å²) < 4.78 is 0. The molecule has 12 rings (SSSR count). The van der Waals surface area contributed by atoms with Crippen molar-refractivity contribution in [3.05, 3.63) is 162 Å². The Kier molecular flexibility index (Phi) is 5.97.